The number of primary sulfonamides is 1. The number of amides is 1. The monoisotopic (exact) mass is 392 g/mol. The van der Waals surface area contributed by atoms with E-state index in [1.165, 1.54) is 18.2 Å². The Balaban J connectivity index is 1.99. The lowest BCUT2D eigenvalue weighted by Gasteiger charge is -2.21. The van der Waals surface area contributed by atoms with Gasteiger partial charge >= 0.3 is 0 Å². The first-order valence-electron chi connectivity index (χ1n) is 8.68. The van der Waals surface area contributed by atoms with Crippen molar-refractivity contribution in [2.24, 2.45) is 5.14 Å². The number of nitrogens with one attached hydrogen (secondary N) is 2. The summed E-state index contributed by atoms with van der Waals surface area (Å²) in [6.07, 6.45) is 0. The molecule has 0 saturated heterocycles. The third-order valence-corrected chi connectivity index (χ3v) is 5.19. The SMILES string of the molecule is CCOc1ccc(C[NH+](C)[C@@H](C)C(=O)Nc2cccc(S(N)(=O)=O)c2)cc1. The van der Waals surface area contributed by atoms with Crippen molar-refractivity contribution in [2.75, 3.05) is 19.0 Å². The van der Waals surface area contributed by atoms with Gasteiger partial charge in [-0.2, -0.15) is 0 Å². The van der Waals surface area contributed by atoms with Crippen LogP contribution in [0.3, 0.4) is 0 Å². The normalized spacial score (nSPS) is 13.6. The molecule has 2 aromatic rings. The number of hydrogen-bond acceptors (Lipinski definition) is 4. The molecule has 1 unspecified atom stereocenters. The Morgan fingerprint density at radius 1 is 1.22 bits per heavy atom. The molecular formula is C19H26N3O4S+. The van der Waals surface area contributed by atoms with Crippen LogP contribution in [0.4, 0.5) is 5.69 Å². The van der Waals surface area contributed by atoms with Crippen LogP contribution in [0.25, 0.3) is 0 Å². The maximum Gasteiger partial charge on any atom is 0.282 e. The van der Waals surface area contributed by atoms with Crippen molar-refractivity contribution < 1.29 is 22.8 Å². The van der Waals surface area contributed by atoms with Crippen LogP contribution in [-0.2, 0) is 21.4 Å². The predicted octanol–water partition coefficient (Wildman–Crippen LogP) is 0.775. The largest absolute Gasteiger partial charge is 0.494 e. The zero-order valence-electron chi connectivity index (χ0n) is 15.7. The standard InChI is InChI=1S/C19H25N3O4S/c1-4-26-17-10-8-15(9-11-17)13-22(3)14(2)19(23)21-16-6-5-7-18(12-16)27(20,24)25/h5-12,14H,4,13H2,1-3H3,(H,21,23)(H2,20,24,25)/p+1/t14-/m0/s1. The van der Waals surface area contributed by atoms with Crippen molar-refractivity contribution >= 4 is 21.6 Å². The number of carbonyl (C=O) groups is 1. The Morgan fingerprint density at radius 2 is 1.89 bits per heavy atom. The van der Waals surface area contributed by atoms with E-state index in [9.17, 15) is 13.2 Å². The summed E-state index contributed by atoms with van der Waals surface area (Å²) < 4.78 is 28.3. The van der Waals surface area contributed by atoms with Crippen LogP contribution >= 0.6 is 0 Å². The van der Waals surface area contributed by atoms with E-state index in [0.717, 1.165) is 16.2 Å². The highest BCUT2D eigenvalue weighted by molar-refractivity contribution is 7.89. The highest BCUT2D eigenvalue weighted by Gasteiger charge is 2.22. The predicted molar refractivity (Wildman–Crippen MR) is 104 cm³/mol. The van der Waals surface area contributed by atoms with Gasteiger partial charge in [0.05, 0.1) is 18.6 Å². The van der Waals surface area contributed by atoms with Crippen LogP contribution in [0.1, 0.15) is 19.4 Å². The number of ether oxygens (including phenoxy) is 1. The van der Waals surface area contributed by atoms with Crippen LogP contribution in [0, 0.1) is 0 Å². The number of hydrogen-bond donors (Lipinski definition) is 3. The summed E-state index contributed by atoms with van der Waals surface area (Å²) in [4.78, 5) is 13.5. The van der Waals surface area contributed by atoms with Gasteiger partial charge in [0.15, 0.2) is 6.04 Å². The van der Waals surface area contributed by atoms with Gasteiger partial charge in [0.1, 0.15) is 12.3 Å². The zero-order valence-corrected chi connectivity index (χ0v) is 16.5. The fourth-order valence-corrected chi connectivity index (χ4v) is 3.13. The fraction of sp³-hybridized carbons (Fsp3) is 0.316. The fourth-order valence-electron chi connectivity index (χ4n) is 2.57. The minimum atomic E-state index is -3.81. The van der Waals surface area contributed by atoms with Gasteiger partial charge in [-0.05, 0) is 56.3 Å². The molecule has 0 aliphatic heterocycles. The third kappa shape index (κ3) is 6.06. The molecule has 0 aliphatic carbocycles. The van der Waals surface area contributed by atoms with Crippen LogP contribution in [0.15, 0.2) is 53.4 Å². The molecule has 0 spiro atoms. The topological polar surface area (TPSA) is 103 Å². The first kappa shape index (κ1) is 20.9. The van der Waals surface area contributed by atoms with Gasteiger partial charge in [-0.1, -0.05) is 6.07 Å². The van der Waals surface area contributed by atoms with Gasteiger partial charge in [-0.15, -0.1) is 0 Å². The molecule has 2 rings (SSSR count). The van der Waals surface area contributed by atoms with E-state index < -0.39 is 10.0 Å². The minimum absolute atomic E-state index is 0.0388. The van der Waals surface area contributed by atoms with Gasteiger partial charge in [0.25, 0.3) is 5.91 Å². The van der Waals surface area contributed by atoms with Crippen molar-refractivity contribution in [3.63, 3.8) is 0 Å². The summed E-state index contributed by atoms with van der Waals surface area (Å²) in [7, 11) is -1.88. The second kappa shape index (κ2) is 8.98. The number of rotatable bonds is 8. The van der Waals surface area contributed by atoms with Crippen molar-refractivity contribution in [2.45, 2.75) is 31.3 Å². The van der Waals surface area contributed by atoms with Crippen molar-refractivity contribution in [3.8, 4) is 5.75 Å². The molecule has 1 amide bonds. The smallest absolute Gasteiger partial charge is 0.282 e. The summed E-state index contributed by atoms with van der Waals surface area (Å²) in [5.74, 6) is 0.615. The number of benzene rings is 2. The lowest BCUT2D eigenvalue weighted by molar-refractivity contribution is -0.907. The number of anilines is 1. The zero-order chi connectivity index (χ0) is 20.0. The Hall–Kier alpha value is -2.42. The Labute approximate surface area is 160 Å². The minimum Gasteiger partial charge on any atom is -0.494 e. The van der Waals surface area contributed by atoms with Crippen LogP contribution in [0.2, 0.25) is 0 Å². The highest BCUT2D eigenvalue weighted by Crippen LogP contribution is 2.14. The highest BCUT2D eigenvalue weighted by atomic mass is 32.2. The van der Waals surface area contributed by atoms with E-state index >= 15 is 0 Å². The van der Waals surface area contributed by atoms with Gasteiger partial charge in [-0.3, -0.25) is 4.79 Å². The molecule has 0 bridgehead atoms. The average Bonchev–Trinajstić information content (AvgIpc) is 2.62. The second-order valence-electron chi connectivity index (χ2n) is 6.38. The Morgan fingerprint density at radius 3 is 2.48 bits per heavy atom. The van der Waals surface area contributed by atoms with Crippen molar-refractivity contribution in [1.29, 1.82) is 0 Å². The number of carbonyl (C=O) groups excluding carboxylic acids is 1. The number of likely N-dealkylation sites (N-methyl/N-ethyl adjacent to an activating group) is 1. The molecule has 146 valence electrons. The molecule has 2 atom stereocenters. The lowest BCUT2D eigenvalue weighted by atomic mass is 10.1. The van der Waals surface area contributed by atoms with E-state index in [0.29, 0.717) is 18.8 Å². The first-order valence-corrected chi connectivity index (χ1v) is 10.2. The summed E-state index contributed by atoms with van der Waals surface area (Å²) in [6.45, 7) is 5.04. The molecule has 7 nitrogen and oxygen atoms in total. The third-order valence-electron chi connectivity index (χ3n) is 4.28. The van der Waals surface area contributed by atoms with Crippen LogP contribution in [-0.4, -0.2) is 34.0 Å². The van der Waals surface area contributed by atoms with E-state index in [1.807, 2.05) is 45.2 Å². The van der Waals surface area contributed by atoms with Gasteiger partial charge in [0.2, 0.25) is 10.0 Å². The molecular weight excluding hydrogens is 366 g/mol. The van der Waals surface area contributed by atoms with E-state index in [4.69, 9.17) is 9.88 Å². The molecule has 0 fully saturated rings. The Kier molecular flexibility index (Phi) is 6.95. The quantitative estimate of drug-likeness (QED) is 0.617. The maximum absolute atomic E-state index is 12.5. The van der Waals surface area contributed by atoms with Crippen LogP contribution < -0.4 is 20.1 Å². The van der Waals surface area contributed by atoms with E-state index in [-0.39, 0.29) is 16.8 Å². The second-order valence-corrected chi connectivity index (χ2v) is 7.95. The molecule has 8 heteroatoms. The molecule has 27 heavy (non-hydrogen) atoms. The molecule has 0 heterocycles. The first-order chi connectivity index (χ1) is 12.7. The lowest BCUT2D eigenvalue weighted by Crippen LogP contribution is -3.12. The average molecular weight is 393 g/mol. The molecule has 0 saturated carbocycles. The summed E-state index contributed by atoms with van der Waals surface area (Å²) in [5.41, 5.74) is 1.49. The van der Waals surface area contributed by atoms with E-state index in [1.54, 1.807) is 6.07 Å². The van der Waals surface area contributed by atoms with Gasteiger partial charge < -0.3 is 15.0 Å². The van der Waals surface area contributed by atoms with Crippen molar-refractivity contribution in [1.82, 2.24) is 0 Å². The van der Waals surface area contributed by atoms with Crippen LogP contribution in [0.5, 0.6) is 5.75 Å². The molecule has 0 radical (unpaired) electrons. The summed E-state index contributed by atoms with van der Waals surface area (Å²) in [6, 6.07) is 13.3. The molecule has 4 N–H and O–H groups in total. The molecule has 0 aliphatic rings. The summed E-state index contributed by atoms with van der Waals surface area (Å²) in [5, 5.41) is 7.87. The summed E-state index contributed by atoms with van der Waals surface area (Å²) >= 11 is 0. The number of nitrogens with two attached hydrogens (primary N) is 1. The van der Waals surface area contributed by atoms with E-state index in [2.05, 4.69) is 5.32 Å². The molecule has 2 aromatic carbocycles. The van der Waals surface area contributed by atoms with Gasteiger partial charge in [-0.25, -0.2) is 13.6 Å². The number of sulfonamides is 1. The molecule has 0 aromatic heterocycles. The number of quaternary nitrogens is 1. The maximum atomic E-state index is 12.5. The Bertz CT molecular complexity index is 882. The van der Waals surface area contributed by atoms with Gasteiger partial charge in [0, 0.05) is 11.3 Å². The van der Waals surface area contributed by atoms with Crippen molar-refractivity contribution in [3.05, 3.63) is 54.1 Å².